The van der Waals surface area contributed by atoms with E-state index in [1.54, 1.807) is 6.20 Å². The monoisotopic (exact) mass is 412 g/mol. The van der Waals surface area contributed by atoms with E-state index in [1.165, 1.54) is 6.20 Å². The van der Waals surface area contributed by atoms with Crippen LogP contribution in [0.15, 0.2) is 55.0 Å². The van der Waals surface area contributed by atoms with Gasteiger partial charge < -0.3 is 16.0 Å². The molecular weight excluding hydrogens is 393 g/mol. The molecule has 6 nitrogen and oxygen atoms in total. The van der Waals surface area contributed by atoms with E-state index in [-0.39, 0.29) is 11.1 Å². The number of pyridine rings is 1. The number of hydrogen-bond acceptors (Lipinski definition) is 5. The standard InChI is InChI=1S/C21H19F3N6/c1-20(2,12-6-4-3-5-7-12)30-19-28-11-16(25)17(29-19)15-10-27-18-14(15)8-13(9-26-18)21(22,23)24/h3-11H,25H2,1-2H3,(H,26,27)(H,28,29,30). The zero-order chi connectivity index (χ0) is 21.5. The summed E-state index contributed by atoms with van der Waals surface area (Å²) in [4.78, 5) is 15.5. The Bertz CT molecular complexity index is 1200. The van der Waals surface area contributed by atoms with Gasteiger partial charge in [0, 0.05) is 23.3 Å². The van der Waals surface area contributed by atoms with Gasteiger partial charge in [0.2, 0.25) is 5.95 Å². The third-order valence-electron chi connectivity index (χ3n) is 4.85. The highest BCUT2D eigenvalue weighted by molar-refractivity contribution is 5.95. The molecule has 3 aromatic heterocycles. The van der Waals surface area contributed by atoms with Gasteiger partial charge in [-0.05, 0) is 25.5 Å². The van der Waals surface area contributed by atoms with Crippen LogP contribution < -0.4 is 11.1 Å². The Morgan fingerprint density at radius 1 is 1.00 bits per heavy atom. The number of benzene rings is 1. The summed E-state index contributed by atoms with van der Waals surface area (Å²) in [6.45, 7) is 3.96. The smallest absolute Gasteiger partial charge is 0.396 e. The molecule has 4 rings (SSSR count). The quantitative estimate of drug-likeness (QED) is 0.440. The van der Waals surface area contributed by atoms with Crippen LogP contribution in [0, 0.1) is 0 Å². The Hall–Kier alpha value is -3.62. The van der Waals surface area contributed by atoms with Gasteiger partial charge in [-0.3, -0.25) is 0 Å². The van der Waals surface area contributed by atoms with Crippen LogP contribution in [0.25, 0.3) is 22.3 Å². The number of halogens is 3. The Kier molecular flexibility index (Phi) is 4.60. The largest absolute Gasteiger partial charge is 0.417 e. The molecule has 0 saturated carbocycles. The molecule has 3 heterocycles. The molecule has 0 aliphatic carbocycles. The maximum atomic E-state index is 13.1. The van der Waals surface area contributed by atoms with Crippen molar-refractivity contribution in [1.29, 1.82) is 0 Å². The summed E-state index contributed by atoms with van der Waals surface area (Å²) in [6, 6.07) is 10.8. The lowest BCUT2D eigenvalue weighted by molar-refractivity contribution is -0.137. The number of alkyl halides is 3. The van der Waals surface area contributed by atoms with Gasteiger partial charge in [0.15, 0.2) is 0 Å². The fourth-order valence-electron chi connectivity index (χ4n) is 3.23. The summed E-state index contributed by atoms with van der Waals surface area (Å²) in [7, 11) is 0. The molecule has 0 unspecified atom stereocenters. The third kappa shape index (κ3) is 3.66. The van der Waals surface area contributed by atoms with Crippen LogP contribution in [0.4, 0.5) is 24.8 Å². The second kappa shape index (κ2) is 7.01. The van der Waals surface area contributed by atoms with E-state index in [1.807, 2.05) is 44.2 Å². The number of nitrogens with one attached hydrogen (secondary N) is 2. The summed E-state index contributed by atoms with van der Waals surface area (Å²) >= 11 is 0. The number of hydrogen-bond donors (Lipinski definition) is 3. The van der Waals surface area contributed by atoms with E-state index >= 15 is 0 Å². The minimum absolute atomic E-state index is 0.247. The summed E-state index contributed by atoms with van der Waals surface area (Å²) in [5.41, 5.74) is 7.07. The second-order valence-electron chi connectivity index (χ2n) is 7.43. The van der Waals surface area contributed by atoms with Crippen LogP contribution in [0.3, 0.4) is 0 Å². The molecule has 1 aromatic carbocycles. The van der Waals surface area contributed by atoms with Gasteiger partial charge in [-0.25, -0.2) is 15.0 Å². The van der Waals surface area contributed by atoms with Crippen LogP contribution in [0.5, 0.6) is 0 Å². The molecule has 0 aliphatic heterocycles. The molecule has 0 fully saturated rings. The molecule has 4 N–H and O–H groups in total. The van der Waals surface area contributed by atoms with Gasteiger partial charge in [-0.15, -0.1) is 0 Å². The lowest BCUT2D eigenvalue weighted by atomic mass is 9.94. The first-order chi connectivity index (χ1) is 14.1. The minimum Gasteiger partial charge on any atom is -0.396 e. The fourth-order valence-corrected chi connectivity index (χ4v) is 3.23. The predicted octanol–water partition coefficient (Wildman–Crippen LogP) is 4.97. The lowest BCUT2D eigenvalue weighted by Gasteiger charge is -2.27. The molecule has 0 bridgehead atoms. The highest BCUT2D eigenvalue weighted by atomic mass is 19.4. The van der Waals surface area contributed by atoms with Gasteiger partial charge in [-0.2, -0.15) is 13.2 Å². The van der Waals surface area contributed by atoms with E-state index in [0.29, 0.717) is 22.9 Å². The zero-order valence-corrected chi connectivity index (χ0v) is 16.2. The van der Waals surface area contributed by atoms with Crippen molar-refractivity contribution in [3.8, 4) is 11.3 Å². The summed E-state index contributed by atoms with van der Waals surface area (Å²) < 4.78 is 39.4. The van der Waals surface area contributed by atoms with Crippen molar-refractivity contribution in [3.63, 3.8) is 0 Å². The first-order valence-corrected chi connectivity index (χ1v) is 9.16. The van der Waals surface area contributed by atoms with Gasteiger partial charge in [-0.1, -0.05) is 30.3 Å². The second-order valence-corrected chi connectivity index (χ2v) is 7.43. The molecule has 30 heavy (non-hydrogen) atoms. The number of rotatable bonds is 4. The van der Waals surface area contributed by atoms with Crippen LogP contribution in [-0.2, 0) is 11.7 Å². The van der Waals surface area contributed by atoms with Crippen molar-refractivity contribution in [2.75, 3.05) is 11.1 Å². The number of nitrogens with zero attached hydrogens (tertiary/aromatic N) is 3. The zero-order valence-electron chi connectivity index (χ0n) is 16.2. The molecule has 0 spiro atoms. The molecule has 0 atom stereocenters. The van der Waals surface area contributed by atoms with Crippen molar-refractivity contribution < 1.29 is 13.2 Å². The SMILES string of the molecule is CC(C)(Nc1ncc(N)c(-c2c[nH]c3ncc(C(F)(F)F)cc23)n1)c1ccccc1. The molecule has 0 saturated heterocycles. The van der Waals surface area contributed by atoms with Crippen molar-refractivity contribution in [2.24, 2.45) is 0 Å². The number of nitrogen functional groups attached to an aromatic ring is 1. The summed E-state index contributed by atoms with van der Waals surface area (Å²) in [5, 5.41) is 3.55. The molecule has 154 valence electrons. The summed E-state index contributed by atoms with van der Waals surface area (Å²) in [5.74, 6) is 0.308. The Labute approximate surface area is 170 Å². The maximum absolute atomic E-state index is 13.1. The van der Waals surface area contributed by atoms with Gasteiger partial charge >= 0.3 is 6.18 Å². The van der Waals surface area contributed by atoms with Crippen LogP contribution in [-0.4, -0.2) is 19.9 Å². The van der Waals surface area contributed by atoms with Crippen molar-refractivity contribution >= 4 is 22.7 Å². The average molecular weight is 412 g/mol. The van der Waals surface area contributed by atoms with Crippen molar-refractivity contribution in [1.82, 2.24) is 19.9 Å². The first-order valence-electron chi connectivity index (χ1n) is 9.16. The fraction of sp³-hybridized carbons (Fsp3) is 0.190. The van der Waals surface area contributed by atoms with Gasteiger partial charge in [0.25, 0.3) is 0 Å². The van der Waals surface area contributed by atoms with Crippen LogP contribution >= 0.6 is 0 Å². The van der Waals surface area contributed by atoms with E-state index in [0.717, 1.165) is 17.8 Å². The normalized spacial score (nSPS) is 12.3. The molecule has 4 aromatic rings. The molecule has 0 aliphatic rings. The molecule has 9 heteroatoms. The van der Waals surface area contributed by atoms with Gasteiger partial charge in [0.1, 0.15) is 11.3 Å². The number of nitrogens with two attached hydrogens (primary N) is 1. The van der Waals surface area contributed by atoms with Crippen LogP contribution in [0.1, 0.15) is 25.0 Å². The van der Waals surface area contributed by atoms with Crippen molar-refractivity contribution in [3.05, 3.63) is 66.1 Å². The third-order valence-corrected chi connectivity index (χ3v) is 4.85. The Balaban J connectivity index is 1.76. The molecule has 0 amide bonds. The first kappa shape index (κ1) is 19.7. The number of anilines is 2. The predicted molar refractivity (Wildman–Crippen MR) is 110 cm³/mol. The maximum Gasteiger partial charge on any atom is 0.417 e. The number of aromatic amines is 1. The lowest BCUT2D eigenvalue weighted by Crippen LogP contribution is -2.29. The Morgan fingerprint density at radius 3 is 2.43 bits per heavy atom. The van der Waals surface area contributed by atoms with E-state index in [2.05, 4.69) is 25.3 Å². The van der Waals surface area contributed by atoms with E-state index in [9.17, 15) is 13.2 Å². The highest BCUT2D eigenvalue weighted by Crippen LogP contribution is 2.35. The minimum atomic E-state index is -4.50. The van der Waals surface area contributed by atoms with E-state index in [4.69, 9.17) is 5.73 Å². The topological polar surface area (TPSA) is 92.5 Å². The highest BCUT2D eigenvalue weighted by Gasteiger charge is 2.31. The summed E-state index contributed by atoms with van der Waals surface area (Å²) in [6.07, 6.45) is -0.727. The van der Waals surface area contributed by atoms with E-state index < -0.39 is 17.3 Å². The molecule has 0 radical (unpaired) electrons. The Morgan fingerprint density at radius 2 is 1.73 bits per heavy atom. The number of H-pyrrole nitrogens is 1. The molecular formula is C21H19F3N6. The average Bonchev–Trinajstić information content (AvgIpc) is 3.12. The number of aromatic nitrogens is 4. The number of fused-ring (bicyclic) bond motifs is 1. The van der Waals surface area contributed by atoms with Crippen molar-refractivity contribution in [2.45, 2.75) is 25.6 Å². The van der Waals surface area contributed by atoms with Gasteiger partial charge in [0.05, 0.1) is 23.0 Å². The van der Waals surface area contributed by atoms with Crippen LogP contribution in [0.2, 0.25) is 0 Å².